The maximum absolute atomic E-state index is 12.3. The Labute approximate surface area is 137 Å². The molecular weight excluding hydrogens is 314 g/mol. The number of thioether (sulfide) groups is 1. The third-order valence-corrected chi connectivity index (χ3v) is 4.73. The minimum absolute atomic E-state index is 0.240. The number of carbonyl (C=O) groups excluding carboxylic acids is 2. The van der Waals surface area contributed by atoms with E-state index in [4.69, 9.17) is 9.47 Å². The molecule has 0 saturated carbocycles. The van der Waals surface area contributed by atoms with Crippen LogP contribution in [0.3, 0.4) is 0 Å². The Hall–Kier alpha value is -2.47. The maximum Gasteiger partial charge on any atom is 0.262 e. The van der Waals surface area contributed by atoms with Crippen LogP contribution in [0.4, 0.5) is 0 Å². The van der Waals surface area contributed by atoms with E-state index in [2.05, 4.69) is 0 Å². The number of rotatable bonds is 3. The van der Waals surface area contributed by atoms with Crippen LogP contribution in [0.2, 0.25) is 0 Å². The minimum atomic E-state index is -0.240. The summed E-state index contributed by atoms with van der Waals surface area (Å²) in [6.45, 7) is 1.08. The highest BCUT2D eigenvalue weighted by atomic mass is 32.2. The van der Waals surface area contributed by atoms with Crippen molar-refractivity contribution >= 4 is 23.6 Å². The number of ether oxygens (including phenoxy) is 2. The van der Waals surface area contributed by atoms with Gasteiger partial charge in [0.15, 0.2) is 11.5 Å². The fraction of sp³-hybridized carbons (Fsp3) is 0.176. The van der Waals surface area contributed by atoms with Crippen molar-refractivity contribution in [2.24, 2.45) is 0 Å². The lowest BCUT2D eigenvalue weighted by atomic mass is 10.1. The number of hydrogen-bond donors (Lipinski definition) is 0. The summed E-state index contributed by atoms with van der Waals surface area (Å²) >= 11 is 1.42. The van der Waals surface area contributed by atoms with Gasteiger partial charge in [0.2, 0.25) is 0 Å². The second kappa shape index (κ2) is 5.62. The summed E-state index contributed by atoms with van der Waals surface area (Å²) < 4.78 is 11.0. The van der Waals surface area contributed by atoms with Crippen molar-refractivity contribution in [3.8, 4) is 11.5 Å². The first kappa shape index (κ1) is 14.1. The predicted molar refractivity (Wildman–Crippen MR) is 85.1 cm³/mol. The summed E-state index contributed by atoms with van der Waals surface area (Å²) in [6, 6.07) is 12.5. The summed E-state index contributed by atoms with van der Waals surface area (Å²) in [4.78, 5) is 26.8. The molecular formula is C17H13NO4S. The molecule has 23 heavy (non-hydrogen) atoms. The van der Waals surface area contributed by atoms with Gasteiger partial charge in [-0.25, -0.2) is 0 Å². The van der Waals surface area contributed by atoms with Gasteiger partial charge in [-0.3, -0.25) is 14.5 Å². The first-order chi connectivity index (χ1) is 11.2. The fourth-order valence-corrected chi connectivity index (χ4v) is 3.48. The van der Waals surface area contributed by atoms with E-state index in [-0.39, 0.29) is 17.7 Å². The lowest BCUT2D eigenvalue weighted by Crippen LogP contribution is -2.29. The molecule has 0 atom stereocenters. The Morgan fingerprint density at radius 1 is 0.913 bits per heavy atom. The molecule has 0 radical (unpaired) electrons. The van der Waals surface area contributed by atoms with Gasteiger partial charge in [0.25, 0.3) is 11.8 Å². The lowest BCUT2D eigenvalue weighted by Gasteiger charge is -2.19. The van der Waals surface area contributed by atoms with Crippen LogP contribution in [-0.2, 0) is 0 Å². The second-order valence-electron chi connectivity index (χ2n) is 5.16. The number of imide groups is 1. The van der Waals surface area contributed by atoms with Gasteiger partial charge in [-0.1, -0.05) is 12.1 Å². The Morgan fingerprint density at radius 2 is 1.57 bits per heavy atom. The molecule has 6 heteroatoms. The summed E-state index contributed by atoms with van der Waals surface area (Å²) in [6.07, 6.45) is 0. The summed E-state index contributed by atoms with van der Waals surface area (Å²) in [5.74, 6) is 1.21. The van der Waals surface area contributed by atoms with Gasteiger partial charge in [0.1, 0.15) is 13.2 Å². The van der Waals surface area contributed by atoms with E-state index < -0.39 is 0 Å². The number of benzene rings is 2. The van der Waals surface area contributed by atoms with E-state index in [0.29, 0.717) is 30.1 Å². The average molecular weight is 327 g/mol. The molecule has 0 aliphatic carbocycles. The van der Waals surface area contributed by atoms with Crippen LogP contribution >= 0.6 is 11.8 Å². The summed E-state index contributed by atoms with van der Waals surface area (Å²) in [5, 5.41) is 0. The van der Waals surface area contributed by atoms with Gasteiger partial charge in [-0.15, -0.1) is 11.8 Å². The van der Waals surface area contributed by atoms with E-state index in [1.165, 1.54) is 16.7 Å². The molecule has 0 bridgehead atoms. The largest absolute Gasteiger partial charge is 0.486 e. The van der Waals surface area contributed by atoms with E-state index in [9.17, 15) is 9.59 Å². The van der Waals surface area contributed by atoms with Crippen LogP contribution < -0.4 is 9.47 Å². The van der Waals surface area contributed by atoms with Gasteiger partial charge >= 0.3 is 0 Å². The molecule has 4 rings (SSSR count). The quantitative estimate of drug-likeness (QED) is 0.641. The van der Waals surface area contributed by atoms with Crippen molar-refractivity contribution in [1.82, 2.24) is 4.90 Å². The van der Waals surface area contributed by atoms with E-state index >= 15 is 0 Å². The predicted octanol–water partition coefficient (Wildman–Crippen LogP) is 2.80. The van der Waals surface area contributed by atoms with Crippen LogP contribution in [0, 0.1) is 0 Å². The van der Waals surface area contributed by atoms with Crippen LogP contribution in [0.1, 0.15) is 20.7 Å². The SMILES string of the molecule is O=C1c2ccccc2C(=O)N1CSc1ccc2c(c1)OCCO2. The third kappa shape index (κ3) is 2.45. The third-order valence-electron chi connectivity index (χ3n) is 3.75. The maximum atomic E-state index is 12.3. The summed E-state index contributed by atoms with van der Waals surface area (Å²) in [7, 11) is 0. The van der Waals surface area contributed by atoms with Gasteiger partial charge in [0.05, 0.1) is 17.0 Å². The Bertz CT molecular complexity index is 770. The van der Waals surface area contributed by atoms with Crippen LogP contribution in [-0.4, -0.2) is 35.8 Å². The van der Waals surface area contributed by atoms with Gasteiger partial charge < -0.3 is 9.47 Å². The van der Waals surface area contributed by atoms with Crippen LogP contribution in [0.15, 0.2) is 47.4 Å². The van der Waals surface area contributed by atoms with Crippen molar-refractivity contribution in [3.05, 3.63) is 53.6 Å². The van der Waals surface area contributed by atoms with Gasteiger partial charge in [0, 0.05) is 4.90 Å². The molecule has 5 nitrogen and oxygen atoms in total. The number of fused-ring (bicyclic) bond motifs is 2. The fourth-order valence-electron chi connectivity index (χ4n) is 2.61. The van der Waals surface area contributed by atoms with Crippen LogP contribution in [0.25, 0.3) is 0 Å². The number of nitrogens with zero attached hydrogens (tertiary/aromatic N) is 1. The molecule has 116 valence electrons. The second-order valence-corrected chi connectivity index (χ2v) is 6.18. The van der Waals surface area contributed by atoms with Crippen molar-refractivity contribution in [2.75, 3.05) is 19.1 Å². The normalized spacial score (nSPS) is 15.7. The zero-order valence-corrected chi connectivity index (χ0v) is 13.0. The Morgan fingerprint density at radius 3 is 2.26 bits per heavy atom. The monoisotopic (exact) mass is 327 g/mol. The van der Waals surface area contributed by atoms with Gasteiger partial charge in [-0.05, 0) is 30.3 Å². The topological polar surface area (TPSA) is 55.8 Å². The molecule has 2 heterocycles. The van der Waals surface area contributed by atoms with Crippen molar-refractivity contribution < 1.29 is 19.1 Å². The van der Waals surface area contributed by atoms with Crippen molar-refractivity contribution in [2.45, 2.75) is 4.90 Å². The molecule has 0 fully saturated rings. The van der Waals surface area contributed by atoms with Crippen molar-refractivity contribution in [3.63, 3.8) is 0 Å². The highest BCUT2D eigenvalue weighted by Crippen LogP contribution is 2.35. The van der Waals surface area contributed by atoms with Crippen LogP contribution in [0.5, 0.6) is 11.5 Å². The van der Waals surface area contributed by atoms with E-state index in [0.717, 1.165) is 10.6 Å². The zero-order chi connectivity index (χ0) is 15.8. The molecule has 0 unspecified atom stereocenters. The van der Waals surface area contributed by atoms with E-state index in [1.54, 1.807) is 24.3 Å². The number of hydrogen-bond acceptors (Lipinski definition) is 5. The molecule has 0 spiro atoms. The smallest absolute Gasteiger partial charge is 0.262 e. The highest BCUT2D eigenvalue weighted by molar-refractivity contribution is 7.99. The Kier molecular flexibility index (Phi) is 3.46. The molecule has 0 saturated heterocycles. The summed E-state index contributed by atoms with van der Waals surface area (Å²) in [5.41, 5.74) is 0.945. The molecule has 2 aromatic rings. The van der Waals surface area contributed by atoms with Crippen molar-refractivity contribution in [1.29, 1.82) is 0 Å². The van der Waals surface area contributed by atoms with E-state index in [1.807, 2.05) is 18.2 Å². The number of carbonyl (C=O) groups is 2. The minimum Gasteiger partial charge on any atom is -0.486 e. The molecule has 2 aliphatic heterocycles. The standard InChI is InChI=1S/C17H13NO4S/c19-16-12-3-1-2-4-13(12)17(20)18(16)10-23-11-5-6-14-15(9-11)22-8-7-21-14/h1-6,9H,7-8,10H2. The molecule has 0 aromatic heterocycles. The zero-order valence-electron chi connectivity index (χ0n) is 12.2. The highest BCUT2D eigenvalue weighted by Gasteiger charge is 2.34. The molecule has 0 N–H and O–H groups in total. The lowest BCUT2D eigenvalue weighted by molar-refractivity contribution is 0.0684. The molecule has 2 amide bonds. The average Bonchev–Trinajstić information content (AvgIpc) is 2.84. The molecule has 2 aromatic carbocycles. The first-order valence-electron chi connectivity index (χ1n) is 7.22. The molecule has 2 aliphatic rings. The Balaban J connectivity index is 1.50. The van der Waals surface area contributed by atoms with Gasteiger partial charge in [-0.2, -0.15) is 0 Å². The first-order valence-corrected chi connectivity index (χ1v) is 8.20. The number of amides is 2.